The number of ether oxygens (including phenoxy) is 2. The lowest BCUT2D eigenvalue weighted by Crippen LogP contribution is -2.12. The molecule has 3 rings (SSSR count). The van der Waals surface area contributed by atoms with Crippen LogP contribution in [0.3, 0.4) is 0 Å². The van der Waals surface area contributed by atoms with Crippen molar-refractivity contribution in [3.05, 3.63) is 58.7 Å². The molecule has 0 fully saturated rings. The van der Waals surface area contributed by atoms with Gasteiger partial charge in [-0.15, -0.1) is 11.3 Å². The number of unbranched alkanes of at least 4 members (excludes halogenated alkanes) is 1. The van der Waals surface area contributed by atoms with Gasteiger partial charge in [-0.05, 0) is 68.7 Å². The molecule has 0 bridgehead atoms. The van der Waals surface area contributed by atoms with Gasteiger partial charge >= 0.3 is 0 Å². The number of hydrogen-bond acceptors (Lipinski definition) is 5. The van der Waals surface area contributed by atoms with E-state index >= 15 is 0 Å². The molecule has 3 aromatic rings. The second-order valence-corrected chi connectivity index (χ2v) is 8.60. The number of amides is 1. The minimum absolute atomic E-state index is 0.106. The van der Waals surface area contributed by atoms with Crippen LogP contribution < -0.4 is 14.8 Å². The average molecular weight is 457 g/mol. The van der Waals surface area contributed by atoms with E-state index in [4.69, 9.17) is 9.47 Å². The molecular formula is C25H29FN2O3S. The molecule has 170 valence electrons. The summed E-state index contributed by atoms with van der Waals surface area (Å²) >= 11 is 1.41. The maximum atomic E-state index is 13.2. The molecule has 5 nitrogen and oxygen atoms in total. The number of thiazole rings is 1. The monoisotopic (exact) mass is 456 g/mol. The van der Waals surface area contributed by atoms with Crippen LogP contribution in [0.5, 0.6) is 11.5 Å². The minimum atomic E-state index is -0.289. The number of halogens is 1. The van der Waals surface area contributed by atoms with Gasteiger partial charge in [0.25, 0.3) is 0 Å². The number of nitrogens with one attached hydrogen (secondary N) is 1. The van der Waals surface area contributed by atoms with Crippen molar-refractivity contribution in [3.63, 3.8) is 0 Å². The normalized spacial score (nSPS) is 10.8. The van der Waals surface area contributed by atoms with Crippen LogP contribution in [0.4, 0.5) is 9.52 Å². The van der Waals surface area contributed by atoms with E-state index < -0.39 is 0 Å². The van der Waals surface area contributed by atoms with Crippen LogP contribution in [0.1, 0.15) is 43.6 Å². The number of aromatic nitrogens is 1. The maximum Gasteiger partial charge on any atom is 0.226 e. The summed E-state index contributed by atoms with van der Waals surface area (Å²) in [5, 5.41) is 3.42. The van der Waals surface area contributed by atoms with Gasteiger partial charge in [0.15, 0.2) is 16.6 Å². The highest BCUT2D eigenvalue weighted by Crippen LogP contribution is 2.31. The van der Waals surface area contributed by atoms with E-state index in [0.717, 1.165) is 40.3 Å². The Morgan fingerprint density at radius 2 is 1.88 bits per heavy atom. The lowest BCUT2D eigenvalue weighted by atomic mass is 10.1. The first kappa shape index (κ1) is 23.7. The van der Waals surface area contributed by atoms with Gasteiger partial charge in [-0.2, -0.15) is 0 Å². The molecule has 1 N–H and O–H groups in total. The lowest BCUT2D eigenvalue weighted by molar-refractivity contribution is -0.116. The van der Waals surface area contributed by atoms with Gasteiger partial charge in [-0.1, -0.05) is 19.4 Å². The Hall–Kier alpha value is -2.93. The zero-order valence-corrected chi connectivity index (χ0v) is 19.6. The number of aryl methyl sites for hydroxylation is 2. The zero-order chi connectivity index (χ0) is 22.9. The fraction of sp³-hybridized carbons (Fsp3) is 0.360. The smallest absolute Gasteiger partial charge is 0.226 e. The second kappa shape index (κ2) is 11.6. The van der Waals surface area contributed by atoms with E-state index in [-0.39, 0.29) is 11.7 Å². The molecule has 0 saturated carbocycles. The molecule has 0 aliphatic rings. The number of hydrogen-bond donors (Lipinski definition) is 1. The quantitative estimate of drug-likeness (QED) is 0.339. The molecule has 0 aliphatic carbocycles. The van der Waals surface area contributed by atoms with Crippen LogP contribution in [-0.2, 0) is 11.2 Å². The zero-order valence-electron chi connectivity index (χ0n) is 18.7. The minimum Gasteiger partial charge on any atom is -0.490 e. The van der Waals surface area contributed by atoms with Crippen molar-refractivity contribution in [3.8, 4) is 22.8 Å². The number of benzene rings is 2. The largest absolute Gasteiger partial charge is 0.490 e. The first-order valence-electron chi connectivity index (χ1n) is 10.9. The van der Waals surface area contributed by atoms with E-state index in [1.54, 1.807) is 12.1 Å². The SMILES string of the molecule is CCCCOc1ccc(CCC(=O)Nc2nc(-c3ccc(F)cc3)c(C)s2)cc1OCC. The Balaban J connectivity index is 1.59. The summed E-state index contributed by atoms with van der Waals surface area (Å²) in [5.74, 6) is 1.05. The number of anilines is 1. The van der Waals surface area contributed by atoms with E-state index in [1.165, 1.54) is 23.5 Å². The van der Waals surface area contributed by atoms with Crippen LogP contribution in [0.15, 0.2) is 42.5 Å². The van der Waals surface area contributed by atoms with Crippen molar-refractivity contribution >= 4 is 22.4 Å². The third kappa shape index (κ3) is 6.53. The molecule has 2 aromatic carbocycles. The Kier molecular flexibility index (Phi) is 8.62. The van der Waals surface area contributed by atoms with Crippen molar-refractivity contribution < 1.29 is 18.7 Å². The fourth-order valence-electron chi connectivity index (χ4n) is 3.19. The van der Waals surface area contributed by atoms with Crippen LogP contribution in [-0.4, -0.2) is 24.1 Å². The number of rotatable bonds is 11. The van der Waals surface area contributed by atoms with Crippen molar-refractivity contribution in [2.45, 2.75) is 46.5 Å². The van der Waals surface area contributed by atoms with Crippen molar-refractivity contribution in [1.82, 2.24) is 4.98 Å². The fourth-order valence-corrected chi connectivity index (χ4v) is 4.04. The topological polar surface area (TPSA) is 60.5 Å². The summed E-state index contributed by atoms with van der Waals surface area (Å²) < 4.78 is 24.7. The molecule has 0 unspecified atom stereocenters. The highest BCUT2D eigenvalue weighted by Gasteiger charge is 2.13. The molecule has 0 atom stereocenters. The average Bonchev–Trinajstić information content (AvgIpc) is 3.14. The second-order valence-electron chi connectivity index (χ2n) is 7.39. The molecule has 0 saturated heterocycles. The summed E-state index contributed by atoms with van der Waals surface area (Å²) in [6, 6.07) is 12.0. The lowest BCUT2D eigenvalue weighted by Gasteiger charge is -2.13. The Morgan fingerprint density at radius 1 is 1.09 bits per heavy atom. The molecule has 7 heteroatoms. The molecule has 0 spiro atoms. The molecular weight excluding hydrogens is 427 g/mol. The van der Waals surface area contributed by atoms with Gasteiger partial charge in [0, 0.05) is 16.9 Å². The van der Waals surface area contributed by atoms with Crippen molar-refractivity contribution in [1.29, 1.82) is 0 Å². The van der Waals surface area contributed by atoms with Crippen LogP contribution in [0.2, 0.25) is 0 Å². The van der Waals surface area contributed by atoms with Gasteiger partial charge in [0.2, 0.25) is 5.91 Å². The molecule has 32 heavy (non-hydrogen) atoms. The number of carbonyl (C=O) groups excluding carboxylic acids is 1. The standard InChI is InChI=1S/C25H29FN2O3S/c1-4-6-15-31-21-13-7-18(16-22(21)30-5-2)8-14-23(29)27-25-28-24(17(3)32-25)19-9-11-20(26)12-10-19/h7,9-13,16H,4-6,8,14-15H2,1-3H3,(H,27,28,29). The molecule has 0 aliphatic heterocycles. The van der Waals surface area contributed by atoms with E-state index in [0.29, 0.717) is 36.9 Å². The highest BCUT2D eigenvalue weighted by atomic mass is 32.1. The van der Waals surface area contributed by atoms with Gasteiger partial charge in [0.1, 0.15) is 5.82 Å². The Labute approximate surface area is 192 Å². The maximum absolute atomic E-state index is 13.2. The van der Waals surface area contributed by atoms with E-state index in [2.05, 4.69) is 17.2 Å². The summed E-state index contributed by atoms with van der Waals surface area (Å²) in [5.41, 5.74) is 2.59. The Morgan fingerprint density at radius 3 is 2.59 bits per heavy atom. The first-order chi connectivity index (χ1) is 15.5. The summed E-state index contributed by atoms with van der Waals surface area (Å²) in [7, 11) is 0. The van der Waals surface area contributed by atoms with Crippen LogP contribution in [0, 0.1) is 12.7 Å². The first-order valence-corrected chi connectivity index (χ1v) is 11.7. The molecule has 1 amide bonds. The molecule has 1 aromatic heterocycles. The summed E-state index contributed by atoms with van der Waals surface area (Å²) in [6.45, 7) is 7.20. The van der Waals surface area contributed by atoms with Gasteiger partial charge in [-0.3, -0.25) is 4.79 Å². The summed E-state index contributed by atoms with van der Waals surface area (Å²) in [4.78, 5) is 18.0. The predicted octanol–water partition coefficient (Wildman–Crippen LogP) is 6.41. The number of nitrogens with zero attached hydrogens (tertiary/aromatic N) is 1. The molecule has 0 radical (unpaired) electrons. The highest BCUT2D eigenvalue weighted by molar-refractivity contribution is 7.16. The van der Waals surface area contributed by atoms with Gasteiger partial charge < -0.3 is 14.8 Å². The van der Waals surface area contributed by atoms with Gasteiger partial charge in [-0.25, -0.2) is 9.37 Å². The van der Waals surface area contributed by atoms with Crippen LogP contribution in [0.25, 0.3) is 11.3 Å². The van der Waals surface area contributed by atoms with Crippen molar-refractivity contribution in [2.24, 2.45) is 0 Å². The number of carbonyl (C=O) groups is 1. The van der Waals surface area contributed by atoms with E-state index in [9.17, 15) is 9.18 Å². The van der Waals surface area contributed by atoms with Gasteiger partial charge in [0.05, 0.1) is 18.9 Å². The molecule has 1 heterocycles. The predicted molar refractivity (Wildman–Crippen MR) is 127 cm³/mol. The van der Waals surface area contributed by atoms with E-state index in [1.807, 2.05) is 32.0 Å². The third-order valence-corrected chi connectivity index (χ3v) is 5.75. The Bertz CT molecular complexity index is 1030. The van der Waals surface area contributed by atoms with Crippen molar-refractivity contribution in [2.75, 3.05) is 18.5 Å². The van der Waals surface area contributed by atoms with Crippen LogP contribution >= 0.6 is 11.3 Å². The third-order valence-electron chi connectivity index (χ3n) is 4.86. The summed E-state index contributed by atoms with van der Waals surface area (Å²) in [6.07, 6.45) is 2.97.